The molecule has 0 atom stereocenters. The van der Waals surface area contributed by atoms with E-state index in [1.54, 1.807) is 12.3 Å². The molecule has 1 aliphatic carbocycles. The number of phenolic OH excluding ortho intramolecular Hbond substituents is 1. The number of nitrogens with zero attached hydrogens (tertiary/aromatic N) is 4. The topological polar surface area (TPSA) is 146 Å². The number of aromatic hydroxyl groups is 1. The van der Waals surface area contributed by atoms with Gasteiger partial charge in [0.05, 0.1) is 43.3 Å². The number of rotatable bonds is 17. The van der Waals surface area contributed by atoms with E-state index in [-0.39, 0.29) is 41.7 Å². The summed E-state index contributed by atoms with van der Waals surface area (Å²) in [5, 5.41) is 16.9. The molecule has 3 amide bonds. The summed E-state index contributed by atoms with van der Waals surface area (Å²) in [6.07, 6.45) is 11.0. The van der Waals surface area contributed by atoms with E-state index in [4.69, 9.17) is 14.2 Å². The number of likely N-dealkylation sites (tertiary alicyclic amines) is 1. The largest absolute Gasteiger partial charge is 0.506 e. The van der Waals surface area contributed by atoms with Gasteiger partial charge in [-0.25, -0.2) is 4.98 Å². The molecule has 1 saturated carbocycles. The predicted molar refractivity (Wildman–Crippen MR) is 240 cm³/mol. The maximum atomic E-state index is 13.6. The Bertz CT molecular complexity index is 2130. The van der Waals surface area contributed by atoms with Crippen LogP contribution in [0.5, 0.6) is 11.5 Å². The molecule has 1 spiro atoms. The lowest BCUT2D eigenvalue weighted by atomic mass is 9.89. The number of anilines is 1. The van der Waals surface area contributed by atoms with Gasteiger partial charge in [-0.1, -0.05) is 79.9 Å². The third-order valence-electron chi connectivity index (χ3n) is 12.7. The van der Waals surface area contributed by atoms with Crippen molar-refractivity contribution in [3.8, 4) is 21.9 Å². The van der Waals surface area contributed by atoms with Gasteiger partial charge < -0.3 is 39.8 Å². The van der Waals surface area contributed by atoms with Gasteiger partial charge in [0.25, 0.3) is 11.8 Å². The Morgan fingerprint density at radius 2 is 1.79 bits per heavy atom. The van der Waals surface area contributed by atoms with E-state index in [1.165, 1.54) is 28.9 Å². The lowest BCUT2D eigenvalue weighted by Crippen LogP contribution is -2.57. The Morgan fingerprint density at radius 1 is 0.968 bits per heavy atom. The zero-order chi connectivity index (χ0) is 42.7. The molecule has 4 aromatic rings. The summed E-state index contributed by atoms with van der Waals surface area (Å²) in [7, 11) is 0. The van der Waals surface area contributed by atoms with Crippen LogP contribution in [-0.4, -0.2) is 126 Å². The highest BCUT2D eigenvalue weighted by Crippen LogP contribution is 2.39. The molecule has 3 fully saturated rings. The van der Waals surface area contributed by atoms with Gasteiger partial charge in [-0.15, -0.1) is 11.3 Å². The Hall–Kier alpha value is -4.86. The maximum absolute atomic E-state index is 13.6. The number of thiazole rings is 1. The number of hydrogen-bond acceptors (Lipinski definition) is 11. The summed E-state index contributed by atoms with van der Waals surface area (Å²) in [5.41, 5.74) is 4.50. The molecule has 4 heterocycles. The number of fused-ring (bicyclic) bond motifs is 1. The minimum absolute atomic E-state index is 0.00534. The standard InChI is InChI=1S/C48H60N6O7S/c55-40-15-14-38(45-44(40)51-42(56)33-60-45)16-21-49-22-25-54(39-12-5-2-6-13-39)43(57)18-28-59-27-17-35-8-7-9-36(30-35)32-52-23-19-48(20-24-52)34-53(26-29-61-48)47(58)46-50-31-41(62-46)37-10-3-1-4-11-37/h1,3-4,7-11,14-15,30-31,39,49,55H,2,5-6,12-13,16-29,32-34H2,(H,51,56). The monoisotopic (exact) mass is 864 g/mol. The van der Waals surface area contributed by atoms with Crippen LogP contribution < -0.4 is 15.4 Å². The van der Waals surface area contributed by atoms with E-state index in [0.717, 1.165) is 80.6 Å². The van der Waals surface area contributed by atoms with Crippen molar-refractivity contribution in [3.63, 3.8) is 0 Å². The van der Waals surface area contributed by atoms with Gasteiger partial charge in [-0.05, 0) is 73.4 Å². The van der Waals surface area contributed by atoms with Crippen molar-refractivity contribution in [1.82, 2.24) is 25.0 Å². The maximum Gasteiger partial charge on any atom is 0.283 e. The molecular formula is C48H60N6O7S. The highest BCUT2D eigenvalue weighted by atomic mass is 32.1. The van der Waals surface area contributed by atoms with Crippen LogP contribution >= 0.6 is 11.3 Å². The van der Waals surface area contributed by atoms with Gasteiger partial charge in [0.2, 0.25) is 5.91 Å². The quantitative estimate of drug-likeness (QED) is 0.0818. The van der Waals surface area contributed by atoms with Crippen molar-refractivity contribution in [2.45, 2.75) is 82.4 Å². The second-order valence-electron chi connectivity index (χ2n) is 17.0. The van der Waals surface area contributed by atoms with E-state index in [0.29, 0.717) is 81.8 Å². The van der Waals surface area contributed by atoms with Crippen LogP contribution in [-0.2, 0) is 38.4 Å². The molecule has 3 aliphatic heterocycles. The van der Waals surface area contributed by atoms with Gasteiger partial charge in [-0.2, -0.15) is 0 Å². The van der Waals surface area contributed by atoms with Crippen molar-refractivity contribution in [2.24, 2.45) is 0 Å². The first-order chi connectivity index (χ1) is 30.3. The number of morpholine rings is 1. The molecule has 0 bridgehead atoms. The molecule has 0 unspecified atom stereocenters. The molecule has 0 radical (unpaired) electrons. The molecule has 8 rings (SSSR count). The molecule has 330 valence electrons. The van der Waals surface area contributed by atoms with E-state index < -0.39 is 0 Å². The van der Waals surface area contributed by atoms with Crippen molar-refractivity contribution in [3.05, 3.63) is 94.6 Å². The summed E-state index contributed by atoms with van der Waals surface area (Å²) in [6, 6.07) is 22.5. The molecule has 3 N–H and O–H groups in total. The van der Waals surface area contributed by atoms with E-state index in [2.05, 4.69) is 49.7 Å². The molecule has 3 aromatic carbocycles. The minimum atomic E-state index is -0.316. The number of carbonyl (C=O) groups is 3. The van der Waals surface area contributed by atoms with Crippen LogP contribution in [0.1, 0.15) is 77.9 Å². The number of aromatic nitrogens is 1. The fourth-order valence-corrected chi connectivity index (χ4v) is 10.2. The smallest absolute Gasteiger partial charge is 0.283 e. The minimum Gasteiger partial charge on any atom is -0.506 e. The Kier molecular flexibility index (Phi) is 14.8. The Morgan fingerprint density at radius 3 is 2.63 bits per heavy atom. The number of ether oxygens (including phenoxy) is 3. The fourth-order valence-electron chi connectivity index (χ4n) is 9.28. The first kappa shape index (κ1) is 43.8. The first-order valence-corrected chi connectivity index (χ1v) is 23.2. The van der Waals surface area contributed by atoms with Gasteiger partial charge in [0, 0.05) is 51.5 Å². The molecule has 1 aromatic heterocycles. The number of carbonyl (C=O) groups excluding carboxylic acids is 3. The normalized spacial score (nSPS) is 17.9. The van der Waals surface area contributed by atoms with E-state index in [9.17, 15) is 19.5 Å². The average Bonchev–Trinajstić information content (AvgIpc) is 3.80. The molecule has 14 heteroatoms. The summed E-state index contributed by atoms with van der Waals surface area (Å²) in [6.45, 7) is 7.29. The van der Waals surface area contributed by atoms with E-state index >= 15 is 0 Å². The van der Waals surface area contributed by atoms with Gasteiger partial charge in [0.15, 0.2) is 17.4 Å². The fraction of sp³-hybridized carbons (Fsp3) is 0.500. The number of hydrogen-bond donors (Lipinski definition) is 3. The summed E-state index contributed by atoms with van der Waals surface area (Å²) in [5.74, 6) is 0.380. The molecule has 4 aliphatic rings. The lowest BCUT2D eigenvalue weighted by molar-refractivity contribution is -0.135. The number of nitrogens with one attached hydrogen (secondary N) is 2. The number of benzene rings is 3. The van der Waals surface area contributed by atoms with E-state index in [1.807, 2.05) is 41.3 Å². The van der Waals surface area contributed by atoms with Crippen LogP contribution in [0.4, 0.5) is 5.69 Å². The van der Waals surface area contributed by atoms with Crippen molar-refractivity contribution in [2.75, 3.05) is 77.6 Å². The summed E-state index contributed by atoms with van der Waals surface area (Å²) in [4.78, 5) is 50.8. The Labute approximate surface area is 368 Å². The second kappa shape index (κ2) is 21.0. The SMILES string of the molecule is O=C1COc2c(CCNCCN(C(=O)CCOCCc3cccc(CN4CCC5(CC4)CN(C(=O)c4ncc(-c6ccccc6)s4)CCO5)c3)C3CCCCC3)ccc(O)c2N1. The van der Waals surface area contributed by atoms with Crippen LogP contribution in [0.15, 0.2) is 72.9 Å². The summed E-state index contributed by atoms with van der Waals surface area (Å²) < 4.78 is 18.1. The average molecular weight is 865 g/mol. The molecule has 13 nitrogen and oxygen atoms in total. The third kappa shape index (κ3) is 11.2. The highest BCUT2D eigenvalue weighted by Gasteiger charge is 2.41. The van der Waals surface area contributed by atoms with Crippen LogP contribution in [0, 0.1) is 0 Å². The number of piperidine rings is 1. The van der Waals surface area contributed by atoms with Gasteiger partial charge in [-0.3, -0.25) is 19.3 Å². The second-order valence-corrected chi connectivity index (χ2v) is 18.1. The van der Waals surface area contributed by atoms with Gasteiger partial charge >= 0.3 is 0 Å². The first-order valence-electron chi connectivity index (χ1n) is 22.4. The Balaban J connectivity index is 0.743. The zero-order valence-corrected chi connectivity index (χ0v) is 36.5. The third-order valence-corrected chi connectivity index (χ3v) is 13.7. The molecular weight excluding hydrogens is 805 g/mol. The van der Waals surface area contributed by atoms with Gasteiger partial charge in [0.1, 0.15) is 11.4 Å². The van der Waals surface area contributed by atoms with Crippen molar-refractivity contribution < 1.29 is 33.7 Å². The highest BCUT2D eigenvalue weighted by molar-refractivity contribution is 7.16. The summed E-state index contributed by atoms with van der Waals surface area (Å²) >= 11 is 1.45. The molecule has 62 heavy (non-hydrogen) atoms. The molecule has 2 saturated heterocycles. The number of phenols is 1. The van der Waals surface area contributed by atoms with Crippen LogP contribution in [0.2, 0.25) is 0 Å². The van der Waals surface area contributed by atoms with Crippen molar-refractivity contribution >= 4 is 34.7 Å². The van der Waals surface area contributed by atoms with Crippen LogP contribution in [0.3, 0.4) is 0 Å². The zero-order valence-electron chi connectivity index (χ0n) is 35.7. The lowest BCUT2D eigenvalue weighted by Gasteiger charge is -2.47. The van der Waals surface area contributed by atoms with Crippen molar-refractivity contribution in [1.29, 1.82) is 0 Å². The predicted octanol–water partition coefficient (Wildman–Crippen LogP) is 6.30. The van der Waals surface area contributed by atoms with Crippen LogP contribution in [0.25, 0.3) is 10.4 Å². The number of amides is 3.